The van der Waals surface area contributed by atoms with E-state index >= 15 is 0 Å². The Hall–Kier alpha value is -2.51. The number of carbonyl (C=O) groups excluding carboxylic acids is 1. The van der Waals surface area contributed by atoms with Gasteiger partial charge in [-0.1, -0.05) is 12.1 Å². The maximum atomic E-state index is 12.3. The molecule has 1 unspecified atom stereocenters. The standard InChI is InChI=1S/C16H16N4O2S/c1-16(22,13-5-6-23-8-13)9-17-15(21)12-4-2-3-11(7-12)14-18-10-19-20-14/h2-8,10,22H,9H2,1H3,(H,17,21)(H,18,19,20). The van der Waals surface area contributed by atoms with Gasteiger partial charge >= 0.3 is 0 Å². The van der Waals surface area contributed by atoms with Gasteiger partial charge in [-0.15, -0.1) is 0 Å². The summed E-state index contributed by atoms with van der Waals surface area (Å²) in [4.78, 5) is 16.4. The first kappa shape index (κ1) is 15.4. The van der Waals surface area contributed by atoms with E-state index in [0.29, 0.717) is 11.4 Å². The van der Waals surface area contributed by atoms with Crippen LogP contribution in [0.2, 0.25) is 0 Å². The summed E-state index contributed by atoms with van der Waals surface area (Å²) in [5.74, 6) is 0.354. The van der Waals surface area contributed by atoms with E-state index in [-0.39, 0.29) is 12.5 Å². The van der Waals surface area contributed by atoms with Crippen molar-refractivity contribution in [2.75, 3.05) is 6.54 Å². The number of benzene rings is 1. The largest absolute Gasteiger partial charge is 0.384 e. The van der Waals surface area contributed by atoms with Crippen LogP contribution in [-0.2, 0) is 5.60 Å². The second-order valence-electron chi connectivity index (χ2n) is 5.38. The van der Waals surface area contributed by atoms with Crippen LogP contribution in [0, 0.1) is 0 Å². The predicted molar refractivity (Wildman–Crippen MR) is 88.0 cm³/mol. The fraction of sp³-hybridized carbons (Fsp3) is 0.188. The van der Waals surface area contributed by atoms with Crippen LogP contribution >= 0.6 is 11.3 Å². The molecule has 2 heterocycles. The molecule has 6 nitrogen and oxygen atoms in total. The Morgan fingerprint density at radius 2 is 2.30 bits per heavy atom. The first-order valence-corrected chi connectivity index (χ1v) is 7.99. The first-order valence-electron chi connectivity index (χ1n) is 7.05. The molecular formula is C16H16N4O2S. The summed E-state index contributed by atoms with van der Waals surface area (Å²) in [6.45, 7) is 1.81. The highest BCUT2D eigenvalue weighted by Crippen LogP contribution is 2.22. The van der Waals surface area contributed by atoms with Gasteiger partial charge in [0.15, 0.2) is 5.82 Å². The highest BCUT2D eigenvalue weighted by Gasteiger charge is 2.24. The SMILES string of the molecule is CC(O)(CNC(=O)c1cccc(-c2ncn[nH]2)c1)c1ccsc1. The van der Waals surface area contributed by atoms with Crippen molar-refractivity contribution in [2.45, 2.75) is 12.5 Å². The highest BCUT2D eigenvalue weighted by molar-refractivity contribution is 7.08. The molecule has 118 valence electrons. The second kappa shape index (κ2) is 6.31. The maximum Gasteiger partial charge on any atom is 0.251 e. The molecule has 0 saturated heterocycles. The van der Waals surface area contributed by atoms with E-state index in [0.717, 1.165) is 11.1 Å². The molecule has 7 heteroatoms. The average molecular weight is 328 g/mol. The van der Waals surface area contributed by atoms with Gasteiger partial charge in [0.1, 0.15) is 11.9 Å². The minimum Gasteiger partial charge on any atom is -0.384 e. The van der Waals surface area contributed by atoms with Gasteiger partial charge in [-0.2, -0.15) is 16.4 Å². The zero-order valence-corrected chi connectivity index (χ0v) is 13.3. The molecule has 0 spiro atoms. The highest BCUT2D eigenvalue weighted by atomic mass is 32.1. The molecule has 2 aromatic heterocycles. The molecule has 3 aromatic rings. The number of hydrogen-bond acceptors (Lipinski definition) is 5. The number of thiophene rings is 1. The van der Waals surface area contributed by atoms with Crippen LogP contribution < -0.4 is 5.32 Å². The first-order chi connectivity index (χ1) is 11.1. The molecule has 1 aromatic carbocycles. The normalized spacial score (nSPS) is 13.5. The average Bonchev–Trinajstić information content (AvgIpc) is 3.25. The Bertz CT molecular complexity index is 782. The number of aliphatic hydroxyl groups is 1. The van der Waals surface area contributed by atoms with Gasteiger partial charge in [0.05, 0.1) is 6.54 Å². The molecule has 0 aliphatic carbocycles. The summed E-state index contributed by atoms with van der Waals surface area (Å²) in [5, 5.41) is 23.5. The summed E-state index contributed by atoms with van der Waals surface area (Å²) in [6, 6.07) is 8.92. The third-order valence-electron chi connectivity index (χ3n) is 3.55. The lowest BCUT2D eigenvalue weighted by atomic mass is 9.99. The van der Waals surface area contributed by atoms with Crippen molar-refractivity contribution < 1.29 is 9.90 Å². The van der Waals surface area contributed by atoms with E-state index in [1.165, 1.54) is 17.7 Å². The molecule has 3 rings (SSSR count). The molecule has 1 atom stereocenters. The van der Waals surface area contributed by atoms with Gasteiger partial charge in [0.25, 0.3) is 5.91 Å². The van der Waals surface area contributed by atoms with E-state index in [4.69, 9.17) is 0 Å². The van der Waals surface area contributed by atoms with Gasteiger partial charge in [-0.25, -0.2) is 4.98 Å². The van der Waals surface area contributed by atoms with E-state index in [9.17, 15) is 9.90 Å². The lowest BCUT2D eigenvalue weighted by Crippen LogP contribution is -2.38. The fourth-order valence-corrected chi connectivity index (χ4v) is 2.96. The van der Waals surface area contributed by atoms with Crippen molar-refractivity contribution >= 4 is 17.2 Å². The molecule has 0 radical (unpaired) electrons. The lowest BCUT2D eigenvalue weighted by Gasteiger charge is -2.22. The number of aromatic amines is 1. The summed E-state index contributed by atoms with van der Waals surface area (Å²) in [6.07, 6.45) is 1.42. The van der Waals surface area contributed by atoms with E-state index in [1.54, 1.807) is 25.1 Å². The molecule has 0 aliphatic rings. The van der Waals surface area contributed by atoms with Crippen molar-refractivity contribution in [1.29, 1.82) is 0 Å². The summed E-state index contributed by atoms with van der Waals surface area (Å²) in [7, 11) is 0. The number of aromatic nitrogens is 3. The van der Waals surface area contributed by atoms with Crippen LogP contribution in [0.5, 0.6) is 0 Å². The molecule has 0 aliphatic heterocycles. The van der Waals surface area contributed by atoms with Gasteiger partial charge in [0, 0.05) is 11.1 Å². The monoisotopic (exact) mass is 328 g/mol. The molecule has 0 fully saturated rings. The van der Waals surface area contributed by atoms with E-state index in [2.05, 4.69) is 20.5 Å². The van der Waals surface area contributed by atoms with Crippen LogP contribution in [0.15, 0.2) is 47.4 Å². The smallest absolute Gasteiger partial charge is 0.251 e. The third-order valence-corrected chi connectivity index (χ3v) is 4.23. The van der Waals surface area contributed by atoms with Crippen molar-refractivity contribution in [3.05, 3.63) is 58.5 Å². The van der Waals surface area contributed by atoms with Crippen molar-refractivity contribution in [1.82, 2.24) is 20.5 Å². The van der Waals surface area contributed by atoms with Crippen molar-refractivity contribution in [3.8, 4) is 11.4 Å². The molecule has 1 amide bonds. The Kier molecular flexibility index (Phi) is 4.22. The zero-order chi connectivity index (χ0) is 16.3. The Morgan fingerprint density at radius 1 is 1.43 bits per heavy atom. The van der Waals surface area contributed by atoms with E-state index in [1.807, 2.05) is 22.9 Å². The van der Waals surface area contributed by atoms with Crippen molar-refractivity contribution in [2.24, 2.45) is 0 Å². The minimum absolute atomic E-state index is 0.134. The van der Waals surface area contributed by atoms with Crippen molar-refractivity contribution in [3.63, 3.8) is 0 Å². The molecular weight excluding hydrogens is 312 g/mol. The predicted octanol–water partition coefficient (Wildman–Crippen LogP) is 2.17. The van der Waals surface area contributed by atoms with Gasteiger partial charge in [-0.3, -0.25) is 9.89 Å². The molecule has 0 saturated carbocycles. The van der Waals surface area contributed by atoms with Crippen LogP contribution in [0.1, 0.15) is 22.8 Å². The Labute approximate surface area is 137 Å². The van der Waals surface area contributed by atoms with E-state index < -0.39 is 5.60 Å². The summed E-state index contributed by atoms with van der Waals surface area (Å²) < 4.78 is 0. The van der Waals surface area contributed by atoms with Gasteiger partial charge in [-0.05, 0) is 41.4 Å². The van der Waals surface area contributed by atoms with Crippen LogP contribution in [0.25, 0.3) is 11.4 Å². The maximum absolute atomic E-state index is 12.3. The number of H-pyrrole nitrogens is 1. The number of nitrogens with zero attached hydrogens (tertiary/aromatic N) is 2. The topological polar surface area (TPSA) is 90.9 Å². The lowest BCUT2D eigenvalue weighted by molar-refractivity contribution is 0.0530. The number of carbonyl (C=O) groups is 1. The minimum atomic E-state index is -1.10. The number of rotatable bonds is 5. The van der Waals surface area contributed by atoms with Gasteiger partial charge in [0.2, 0.25) is 0 Å². The quantitative estimate of drug-likeness (QED) is 0.669. The molecule has 3 N–H and O–H groups in total. The Morgan fingerprint density at radius 3 is 3.00 bits per heavy atom. The number of amides is 1. The number of hydrogen-bond donors (Lipinski definition) is 3. The zero-order valence-electron chi connectivity index (χ0n) is 12.5. The van der Waals surface area contributed by atoms with Crippen LogP contribution in [0.4, 0.5) is 0 Å². The van der Waals surface area contributed by atoms with Crippen LogP contribution in [0.3, 0.4) is 0 Å². The molecule has 23 heavy (non-hydrogen) atoms. The molecule has 0 bridgehead atoms. The van der Waals surface area contributed by atoms with Crippen LogP contribution in [-0.4, -0.2) is 32.7 Å². The third kappa shape index (κ3) is 3.46. The summed E-state index contributed by atoms with van der Waals surface area (Å²) in [5.41, 5.74) is 0.969. The number of nitrogens with one attached hydrogen (secondary N) is 2. The van der Waals surface area contributed by atoms with Gasteiger partial charge < -0.3 is 10.4 Å². The fourth-order valence-electron chi connectivity index (χ4n) is 2.18. The summed E-state index contributed by atoms with van der Waals surface area (Å²) >= 11 is 1.51. The second-order valence-corrected chi connectivity index (χ2v) is 6.16. The Balaban J connectivity index is 1.70.